The average Bonchev–Trinajstić information content (AvgIpc) is 2.50. The van der Waals surface area contributed by atoms with Gasteiger partial charge in [0.2, 0.25) is 0 Å². The van der Waals surface area contributed by atoms with Gasteiger partial charge in [0.25, 0.3) is 0 Å². The topological polar surface area (TPSA) is 26.3 Å². The summed E-state index contributed by atoms with van der Waals surface area (Å²) in [6, 6.07) is 0. The van der Waals surface area contributed by atoms with Gasteiger partial charge in [-0.15, -0.1) is 11.6 Å². The second-order valence-electron chi connectivity index (χ2n) is 5.06. The molecule has 3 heteroatoms. The summed E-state index contributed by atoms with van der Waals surface area (Å²) >= 11 is 5.33. The van der Waals surface area contributed by atoms with Gasteiger partial charge in [-0.25, -0.2) is 0 Å². The van der Waals surface area contributed by atoms with Gasteiger partial charge in [-0.05, 0) is 25.3 Å². The van der Waals surface area contributed by atoms with Gasteiger partial charge < -0.3 is 4.74 Å². The normalized spacial score (nSPS) is 10.4. The maximum Gasteiger partial charge on any atom is 0.320 e. The molecule has 120 valence electrons. The first-order chi connectivity index (χ1) is 10.3. The van der Waals surface area contributed by atoms with Gasteiger partial charge >= 0.3 is 5.97 Å². The fourth-order valence-electron chi connectivity index (χ4n) is 1.91. The maximum atomic E-state index is 10.8. The summed E-state index contributed by atoms with van der Waals surface area (Å²) in [5, 5.41) is 0. The Kier molecular flexibility index (Phi) is 16.3. The van der Waals surface area contributed by atoms with Gasteiger partial charge in [0.1, 0.15) is 5.88 Å². The summed E-state index contributed by atoms with van der Waals surface area (Å²) in [7, 11) is 0. The fourth-order valence-corrected chi connectivity index (χ4v) is 1.99. The molecule has 0 N–H and O–H groups in total. The Morgan fingerprint density at radius 2 is 1.67 bits per heavy atom. The zero-order valence-electron chi connectivity index (χ0n) is 13.3. The number of halogens is 1. The van der Waals surface area contributed by atoms with E-state index in [1.807, 2.05) is 6.08 Å². The molecule has 0 aliphatic rings. The lowest BCUT2D eigenvalue weighted by atomic mass is 10.1. The molecule has 0 aromatic heterocycles. The molecule has 0 aromatic carbocycles. The first-order valence-electron chi connectivity index (χ1n) is 8.16. The van der Waals surface area contributed by atoms with Crippen molar-refractivity contribution < 1.29 is 9.53 Å². The number of alkyl halides is 1. The third-order valence-electron chi connectivity index (χ3n) is 3.11. The van der Waals surface area contributed by atoms with Crippen LogP contribution in [-0.4, -0.2) is 18.5 Å². The molecule has 0 heterocycles. The van der Waals surface area contributed by atoms with Crippen molar-refractivity contribution >= 4 is 17.6 Å². The molecule has 21 heavy (non-hydrogen) atoms. The van der Waals surface area contributed by atoms with Crippen molar-refractivity contribution in [3.8, 4) is 11.8 Å². The molecule has 0 rings (SSSR count). The molecule has 0 bridgehead atoms. The van der Waals surface area contributed by atoms with Gasteiger partial charge in [0, 0.05) is 6.42 Å². The molecule has 0 aromatic rings. The van der Waals surface area contributed by atoms with Gasteiger partial charge in [-0.1, -0.05) is 63.4 Å². The van der Waals surface area contributed by atoms with Crippen LogP contribution in [0.5, 0.6) is 0 Å². The molecule has 0 saturated carbocycles. The monoisotopic (exact) mass is 312 g/mol. The number of carbonyl (C=O) groups excluding carboxylic acids is 1. The summed E-state index contributed by atoms with van der Waals surface area (Å²) in [6.45, 7) is 2.63. The lowest BCUT2D eigenvalue weighted by Gasteiger charge is -2.03. The van der Waals surface area contributed by atoms with E-state index in [9.17, 15) is 4.79 Å². The smallest absolute Gasteiger partial charge is 0.320 e. The lowest BCUT2D eigenvalue weighted by molar-refractivity contribution is -0.140. The number of unbranched alkanes of at least 4 members (excludes halogenated alkanes) is 8. The molecule has 2 nitrogen and oxygen atoms in total. The van der Waals surface area contributed by atoms with Crippen LogP contribution in [-0.2, 0) is 9.53 Å². The van der Waals surface area contributed by atoms with E-state index in [1.165, 1.54) is 38.5 Å². The summed E-state index contributed by atoms with van der Waals surface area (Å²) in [4.78, 5) is 10.8. The molecule has 0 radical (unpaired) electrons. The van der Waals surface area contributed by atoms with E-state index in [4.69, 9.17) is 16.3 Å². The molecular formula is C18H29ClO2. The summed E-state index contributed by atoms with van der Waals surface area (Å²) in [6.07, 6.45) is 15.8. The third-order valence-corrected chi connectivity index (χ3v) is 3.33. The van der Waals surface area contributed by atoms with E-state index >= 15 is 0 Å². The zero-order valence-corrected chi connectivity index (χ0v) is 14.1. The van der Waals surface area contributed by atoms with Crippen molar-refractivity contribution in [2.75, 3.05) is 12.5 Å². The number of hydrogen-bond donors (Lipinski definition) is 0. The van der Waals surface area contributed by atoms with Crippen LogP contribution in [0.25, 0.3) is 0 Å². The molecule has 0 aliphatic heterocycles. The minimum absolute atomic E-state index is 0.0424. The van der Waals surface area contributed by atoms with Crippen LogP contribution in [0.3, 0.4) is 0 Å². The zero-order chi connectivity index (χ0) is 15.6. The van der Waals surface area contributed by atoms with Crippen LogP contribution < -0.4 is 0 Å². The number of carbonyl (C=O) groups is 1. The van der Waals surface area contributed by atoms with Gasteiger partial charge in [0.15, 0.2) is 0 Å². The van der Waals surface area contributed by atoms with E-state index in [1.54, 1.807) is 0 Å². The number of rotatable bonds is 12. The highest BCUT2D eigenvalue weighted by atomic mass is 35.5. The predicted molar refractivity (Wildman–Crippen MR) is 90.4 cm³/mol. The first-order valence-corrected chi connectivity index (χ1v) is 8.69. The second-order valence-corrected chi connectivity index (χ2v) is 5.33. The van der Waals surface area contributed by atoms with Crippen LogP contribution in [0.1, 0.15) is 71.1 Å². The third kappa shape index (κ3) is 17.0. The Bertz CT molecular complexity index is 326. The van der Waals surface area contributed by atoms with Crippen LogP contribution >= 0.6 is 11.6 Å². The molecule has 0 saturated heterocycles. The Labute approximate surface area is 135 Å². The molecule has 0 fully saturated rings. The summed E-state index contributed by atoms with van der Waals surface area (Å²) in [5.74, 6) is 5.87. The van der Waals surface area contributed by atoms with E-state index < -0.39 is 0 Å². The minimum Gasteiger partial charge on any atom is -0.465 e. The van der Waals surface area contributed by atoms with E-state index in [-0.39, 0.29) is 11.8 Å². The van der Waals surface area contributed by atoms with Crippen molar-refractivity contribution in [2.45, 2.75) is 71.1 Å². The largest absolute Gasteiger partial charge is 0.465 e. The van der Waals surface area contributed by atoms with Crippen LogP contribution in [0, 0.1) is 11.8 Å². The SMILES string of the molecule is CC/C=C\C#CCCCCCCCCCCOC(=O)CCl. The summed E-state index contributed by atoms with van der Waals surface area (Å²) < 4.78 is 4.91. The van der Waals surface area contributed by atoms with Crippen LogP contribution in [0.2, 0.25) is 0 Å². The predicted octanol–water partition coefficient (Wildman–Crippen LogP) is 5.25. The maximum absolute atomic E-state index is 10.8. The second kappa shape index (κ2) is 17.1. The molecule has 0 aliphatic carbocycles. The highest BCUT2D eigenvalue weighted by Gasteiger charge is 1.98. The number of ether oxygens (including phenoxy) is 1. The standard InChI is InChI=1S/C18H29ClO2/c1-2-3-4-5-6-7-8-9-10-11-12-13-14-15-16-21-18(20)17-19/h3-4H,2,7-17H2,1H3/b4-3-. The Hall–Kier alpha value is -0.940. The van der Waals surface area contributed by atoms with E-state index in [2.05, 4.69) is 24.8 Å². The molecule has 0 spiro atoms. The molecule has 0 unspecified atom stereocenters. The summed E-state index contributed by atoms with van der Waals surface area (Å²) in [5.41, 5.74) is 0. The van der Waals surface area contributed by atoms with Gasteiger partial charge in [-0.2, -0.15) is 0 Å². The Balaban J connectivity index is 3.13. The Morgan fingerprint density at radius 3 is 2.29 bits per heavy atom. The van der Waals surface area contributed by atoms with Gasteiger partial charge in [0.05, 0.1) is 6.61 Å². The number of hydrogen-bond acceptors (Lipinski definition) is 2. The quantitative estimate of drug-likeness (QED) is 0.213. The van der Waals surface area contributed by atoms with Crippen molar-refractivity contribution in [1.29, 1.82) is 0 Å². The number of esters is 1. The van der Waals surface area contributed by atoms with Gasteiger partial charge in [-0.3, -0.25) is 4.79 Å². The van der Waals surface area contributed by atoms with Crippen LogP contribution in [0.15, 0.2) is 12.2 Å². The number of allylic oxidation sites excluding steroid dienone is 2. The van der Waals surface area contributed by atoms with Crippen molar-refractivity contribution in [3.63, 3.8) is 0 Å². The van der Waals surface area contributed by atoms with E-state index in [0.717, 1.165) is 25.7 Å². The van der Waals surface area contributed by atoms with E-state index in [0.29, 0.717) is 6.61 Å². The molecule has 0 amide bonds. The highest BCUT2D eigenvalue weighted by molar-refractivity contribution is 6.26. The van der Waals surface area contributed by atoms with Crippen molar-refractivity contribution in [2.24, 2.45) is 0 Å². The average molecular weight is 313 g/mol. The Morgan fingerprint density at radius 1 is 1.05 bits per heavy atom. The lowest BCUT2D eigenvalue weighted by Crippen LogP contribution is -2.06. The molecule has 0 atom stereocenters. The highest BCUT2D eigenvalue weighted by Crippen LogP contribution is 2.09. The fraction of sp³-hybridized carbons (Fsp3) is 0.722. The van der Waals surface area contributed by atoms with Crippen molar-refractivity contribution in [3.05, 3.63) is 12.2 Å². The van der Waals surface area contributed by atoms with Crippen LogP contribution in [0.4, 0.5) is 0 Å². The minimum atomic E-state index is -0.315. The van der Waals surface area contributed by atoms with Crippen molar-refractivity contribution in [1.82, 2.24) is 0 Å². The molecular weight excluding hydrogens is 284 g/mol. The first kappa shape index (κ1) is 20.1.